The number of sulfone groups is 1. The van der Waals surface area contributed by atoms with Crippen LogP contribution in [0.3, 0.4) is 0 Å². The highest BCUT2D eigenvalue weighted by atomic mass is 32.2. The minimum absolute atomic E-state index is 0.0625. The van der Waals surface area contributed by atoms with Crippen molar-refractivity contribution in [1.82, 2.24) is 0 Å². The van der Waals surface area contributed by atoms with Crippen molar-refractivity contribution in [3.63, 3.8) is 0 Å². The number of nitriles is 1. The van der Waals surface area contributed by atoms with Gasteiger partial charge in [0.2, 0.25) is 0 Å². The quantitative estimate of drug-likeness (QED) is 0.632. The van der Waals surface area contributed by atoms with Crippen molar-refractivity contribution in [2.45, 2.75) is 19.8 Å². The zero-order chi connectivity index (χ0) is 8.54. The van der Waals surface area contributed by atoms with Crippen LogP contribution in [0.25, 0.3) is 0 Å². The standard InChI is InChI=1S/C7H11NO2S/c1-2-11(9,10)6-7(5-8)3-4-7/h2-4,6H2,1H3. The molecule has 0 atom stereocenters. The predicted molar refractivity (Wildman–Crippen MR) is 41.6 cm³/mol. The summed E-state index contributed by atoms with van der Waals surface area (Å²) in [6.45, 7) is 1.61. The van der Waals surface area contributed by atoms with Crippen LogP contribution in [-0.4, -0.2) is 19.9 Å². The van der Waals surface area contributed by atoms with Gasteiger partial charge in [-0.1, -0.05) is 6.92 Å². The van der Waals surface area contributed by atoms with Gasteiger partial charge < -0.3 is 0 Å². The second-order valence-electron chi connectivity index (χ2n) is 3.07. The molecule has 0 spiro atoms. The smallest absolute Gasteiger partial charge is 0.151 e. The van der Waals surface area contributed by atoms with Gasteiger partial charge in [0.15, 0.2) is 9.84 Å². The van der Waals surface area contributed by atoms with Crippen molar-refractivity contribution >= 4 is 9.84 Å². The topological polar surface area (TPSA) is 57.9 Å². The fourth-order valence-corrected chi connectivity index (χ4v) is 2.36. The zero-order valence-corrected chi connectivity index (χ0v) is 7.32. The van der Waals surface area contributed by atoms with E-state index in [1.807, 2.05) is 0 Å². The number of nitrogens with zero attached hydrogens (tertiary/aromatic N) is 1. The first kappa shape index (κ1) is 8.54. The molecule has 0 radical (unpaired) electrons. The van der Waals surface area contributed by atoms with Crippen molar-refractivity contribution in [2.24, 2.45) is 5.41 Å². The molecule has 0 bridgehead atoms. The number of hydrogen-bond donors (Lipinski definition) is 0. The van der Waals surface area contributed by atoms with Gasteiger partial charge >= 0.3 is 0 Å². The molecule has 0 amide bonds. The Labute approximate surface area is 66.9 Å². The van der Waals surface area contributed by atoms with Crippen LogP contribution < -0.4 is 0 Å². The van der Waals surface area contributed by atoms with Crippen LogP contribution in [0, 0.1) is 16.7 Å². The molecule has 0 N–H and O–H groups in total. The summed E-state index contributed by atoms with van der Waals surface area (Å²) < 4.78 is 22.1. The van der Waals surface area contributed by atoms with E-state index in [9.17, 15) is 8.42 Å². The number of rotatable bonds is 3. The summed E-state index contributed by atoms with van der Waals surface area (Å²) >= 11 is 0. The Bertz CT molecular complexity index is 282. The summed E-state index contributed by atoms with van der Waals surface area (Å²) in [5, 5.41) is 8.60. The maximum absolute atomic E-state index is 11.1. The van der Waals surface area contributed by atoms with Gasteiger partial charge in [-0.2, -0.15) is 5.26 Å². The third kappa shape index (κ3) is 1.93. The molecular weight excluding hydrogens is 162 g/mol. The molecule has 0 heterocycles. The van der Waals surface area contributed by atoms with Gasteiger partial charge in [-0.25, -0.2) is 8.42 Å². The van der Waals surface area contributed by atoms with Crippen molar-refractivity contribution in [3.8, 4) is 6.07 Å². The molecular formula is C7H11NO2S. The minimum atomic E-state index is -2.95. The van der Waals surface area contributed by atoms with Crippen LogP contribution in [0.15, 0.2) is 0 Å². The minimum Gasteiger partial charge on any atom is -0.229 e. The summed E-state index contributed by atoms with van der Waals surface area (Å²) in [7, 11) is -2.95. The molecule has 1 fully saturated rings. The normalized spacial score (nSPS) is 20.7. The Morgan fingerprint density at radius 2 is 2.09 bits per heavy atom. The SMILES string of the molecule is CCS(=O)(=O)CC1(C#N)CC1. The van der Waals surface area contributed by atoms with Crippen molar-refractivity contribution in [1.29, 1.82) is 5.26 Å². The first-order valence-electron chi connectivity index (χ1n) is 3.65. The summed E-state index contributed by atoms with van der Waals surface area (Å²) in [5.41, 5.74) is -0.505. The third-order valence-electron chi connectivity index (χ3n) is 2.03. The van der Waals surface area contributed by atoms with Crippen LogP contribution in [0.5, 0.6) is 0 Å². The molecule has 62 valence electrons. The van der Waals surface area contributed by atoms with Crippen molar-refractivity contribution in [3.05, 3.63) is 0 Å². The largest absolute Gasteiger partial charge is 0.229 e. The van der Waals surface area contributed by atoms with Gasteiger partial charge in [0.1, 0.15) is 0 Å². The highest BCUT2D eigenvalue weighted by Gasteiger charge is 2.46. The fraction of sp³-hybridized carbons (Fsp3) is 0.857. The second-order valence-corrected chi connectivity index (χ2v) is 5.42. The summed E-state index contributed by atoms with van der Waals surface area (Å²) in [6.07, 6.45) is 1.51. The molecule has 0 unspecified atom stereocenters. The van der Waals surface area contributed by atoms with Crippen LogP contribution in [0.2, 0.25) is 0 Å². The molecule has 0 aromatic carbocycles. The first-order chi connectivity index (χ1) is 5.04. The van der Waals surface area contributed by atoms with Gasteiger partial charge in [-0.05, 0) is 12.8 Å². The van der Waals surface area contributed by atoms with E-state index in [0.29, 0.717) is 0 Å². The number of hydrogen-bond acceptors (Lipinski definition) is 3. The molecule has 0 aromatic heterocycles. The van der Waals surface area contributed by atoms with Crippen molar-refractivity contribution < 1.29 is 8.42 Å². The summed E-state index contributed by atoms with van der Waals surface area (Å²) in [5.74, 6) is 0.212. The van der Waals surface area contributed by atoms with E-state index in [1.165, 1.54) is 0 Å². The molecule has 0 aliphatic heterocycles. The maximum atomic E-state index is 11.1. The Balaban J connectivity index is 2.64. The summed E-state index contributed by atoms with van der Waals surface area (Å²) in [4.78, 5) is 0. The molecule has 3 nitrogen and oxygen atoms in total. The molecule has 1 rings (SSSR count). The van der Waals surface area contributed by atoms with Gasteiger partial charge in [0.25, 0.3) is 0 Å². The first-order valence-corrected chi connectivity index (χ1v) is 5.47. The van der Waals surface area contributed by atoms with Crippen LogP contribution in [0.1, 0.15) is 19.8 Å². The van der Waals surface area contributed by atoms with E-state index in [4.69, 9.17) is 5.26 Å². The van der Waals surface area contributed by atoms with Gasteiger partial charge in [-0.3, -0.25) is 0 Å². The Morgan fingerprint density at radius 3 is 2.36 bits per heavy atom. The Morgan fingerprint density at radius 1 is 1.55 bits per heavy atom. The summed E-state index contributed by atoms with van der Waals surface area (Å²) in [6, 6.07) is 2.06. The Hall–Kier alpha value is -0.560. The lowest BCUT2D eigenvalue weighted by Crippen LogP contribution is -2.17. The van der Waals surface area contributed by atoms with Crippen LogP contribution in [-0.2, 0) is 9.84 Å². The van der Waals surface area contributed by atoms with Crippen LogP contribution >= 0.6 is 0 Å². The molecule has 1 aliphatic carbocycles. The van der Waals surface area contributed by atoms with E-state index < -0.39 is 15.3 Å². The molecule has 11 heavy (non-hydrogen) atoms. The lowest BCUT2D eigenvalue weighted by Gasteiger charge is -2.03. The van der Waals surface area contributed by atoms with E-state index in [1.54, 1.807) is 6.92 Å². The molecule has 0 aromatic rings. The molecule has 1 aliphatic rings. The van der Waals surface area contributed by atoms with Gasteiger partial charge in [0.05, 0.1) is 17.2 Å². The van der Waals surface area contributed by atoms with E-state index in [2.05, 4.69) is 6.07 Å². The van der Waals surface area contributed by atoms with Crippen LogP contribution in [0.4, 0.5) is 0 Å². The fourth-order valence-electron chi connectivity index (χ4n) is 0.962. The highest BCUT2D eigenvalue weighted by molar-refractivity contribution is 7.91. The lowest BCUT2D eigenvalue weighted by atomic mass is 10.2. The second kappa shape index (κ2) is 2.49. The van der Waals surface area contributed by atoms with Crippen molar-refractivity contribution in [2.75, 3.05) is 11.5 Å². The van der Waals surface area contributed by atoms with Gasteiger partial charge in [0, 0.05) is 5.75 Å². The lowest BCUT2D eigenvalue weighted by molar-refractivity contribution is 0.585. The van der Waals surface area contributed by atoms with E-state index >= 15 is 0 Å². The average molecular weight is 173 g/mol. The molecule has 0 saturated heterocycles. The zero-order valence-electron chi connectivity index (χ0n) is 6.50. The van der Waals surface area contributed by atoms with E-state index in [-0.39, 0.29) is 11.5 Å². The highest BCUT2D eigenvalue weighted by Crippen LogP contribution is 2.45. The maximum Gasteiger partial charge on any atom is 0.151 e. The van der Waals surface area contributed by atoms with Gasteiger partial charge in [-0.15, -0.1) is 0 Å². The monoisotopic (exact) mass is 173 g/mol. The Kier molecular flexibility index (Phi) is 1.93. The third-order valence-corrected chi connectivity index (χ3v) is 3.90. The predicted octanol–water partition coefficient (Wildman–Crippen LogP) is 0.725. The molecule has 4 heteroatoms. The molecule has 1 saturated carbocycles. The van der Waals surface area contributed by atoms with E-state index in [0.717, 1.165) is 12.8 Å². The average Bonchev–Trinajstić information content (AvgIpc) is 2.69.